The quantitative estimate of drug-likeness (QED) is 0.362. The number of hydrogen-bond donors (Lipinski definition) is 1. The van der Waals surface area contributed by atoms with Gasteiger partial charge in [0.05, 0.1) is 12.0 Å². The zero-order chi connectivity index (χ0) is 27.4. The van der Waals surface area contributed by atoms with Crippen molar-refractivity contribution in [3.63, 3.8) is 0 Å². The Labute approximate surface area is 219 Å². The Balaban J connectivity index is 1.67. The number of phenols is 1. The van der Waals surface area contributed by atoms with Gasteiger partial charge in [0.25, 0.3) is 0 Å². The highest BCUT2D eigenvalue weighted by Crippen LogP contribution is 2.43. The number of carbonyl (C=O) groups excluding carboxylic acids is 2. The summed E-state index contributed by atoms with van der Waals surface area (Å²) in [5.41, 5.74) is -0.464. The highest BCUT2D eigenvalue weighted by Gasteiger charge is 2.49. The third kappa shape index (κ3) is 5.83. The van der Waals surface area contributed by atoms with Crippen molar-refractivity contribution in [2.24, 2.45) is 5.92 Å². The summed E-state index contributed by atoms with van der Waals surface area (Å²) in [6, 6.07) is 16.2. The standard InChI is InChI=1S/C29H29F3N2O4/c1-33(2)17-22-18-34(27(36)14-20-13-25(31)26(32)16-24(20)30)12-11-29(22,21-9-6-10-23(35)15-21)38-28(37)19-7-4-3-5-8-19/h3-10,13,15-16,22,35H,11-12,14,17-18H2,1-2H3. The number of nitrogens with zero attached hydrogens (tertiary/aromatic N) is 2. The SMILES string of the molecule is CN(C)CC1CN(C(=O)Cc2cc(F)c(F)cc2F)CCC1(OC(=O)c1ccccc1)c1cccc(O)c1. The van der Waals surface area contributed by atoms with Gasteiger partial charge in [-0.2, -0.15) is 0 Å². The Hall–Kier alpha value is -3.85. The molecule has 1 N–H and O–H groups in total. The van der Waals surface area contributed by atoms with Crippen molar-refractivity contribution >= 4 is 11.9 Å². The monoisotopic (exact) mass is 526 g/mol. The molecular weight excluding hydrogens is 497 g/mol. The van der Waals surface area contributed by atoms with E-state index in [9.17, 15) is 27.9 Å². The van der Waals surface area contributed by atoms with Crippen LogP contribution in [0.25, 0.3) is 0 Å². The van der Waals surface area contributed by atoms with Gasteiger partial charge in [0.2, 0.25) is 5.91 Å². The van der Waals surface area contributed by atoms with Crippen molar-refractivity contribution in [3.05, 3.63) is 101 Å². The fourth-order valence-electron chi connectivity index (χ4n) is 5.00. The fraction of sp³-hybridized carbons (Fsp3) is 0.310. The van der Waals surface area contributed by atoms with Crippen LogP contribution in [0, 0.1) is 23.4 Å². The van der Waals surface area contributed by atoms with Crippen molar-refractivity contribution in [2.75, 3.05) is 33.7 Å². The number of ether oxygens (including phenoxy) is 1. The van der Waals surface area contributed by atoms with E-state index in [1.54, 1.807) is 48.5 Å². The summed E-state index contributed by atoms with van der Waals surface area (Å²) in [6.07, 6.45) is -0.236. The first-order valence-electron chi connectivity index (χ1n) is 12.2. The van der Waals surface area contributed by atoms with Gasteiger partial charge in [-0.3, -0.25) is 4.79 Å². The van der Waals surface area contributed by atoms with Gasteiger partial charge in [0, 0.05) is 43.6 Å². The number of likely N-dealkylation sites (tertiary alicyclic amines) is 1. The molecule has 2 atom stereocenters. The van der Waals surface area contributed by atoms with E-state index in [1.165, 1.54) is 11.0 Å². The second-order valence-corrected chi connectivity index (χ2v) is 9.78. The Morgan fingerprint density at radius 1 is 1.00 bits per heavy atom. The largest absolute Gasteiger partial charge is 0.508 e. The molecule has 4 rings (SSSR count). The highest BCUT2D eigenvalue weighted by atomic mass is 19.2. The average molecular weight is 527 g/mol. The normalized spacial score (nSPS) is 19.4. The van der Waals surface area contributed by atoms with Crippen LogP contribution in [0.15, 0.2) is 66.7 Å². The Kier molecular flexibility index (Phi) is 8.06. The summed E-state index contributed by atoms with van der Waals surface area (Å²) in [5.74, 6) is -4.97. The van der Waals surface area contributed by atoms with E-state index < -0.39 is 47.3 Å². The molecule has 3 aromatic carbocycles. The highest BCUT2D eigenvalue weighted by molar-refractivity contribution is 5.89. The zero-order valence-electron chi connectivity index (χ0n) is 21.2. The number of esters is 1. The lowest BCUT2D eigenvalue weighted by molar-refractivity contribution is -0.142. The molecule has 2 unspecified atom stereocenters. The first-order valence-corrected chi connectivity index (χ1v) is 12.2. The van der Waals surface area contributed by atoms with Crippen LogP contribution in [0.2, 0.25) is 0 Å². The molecule has 1 amide bonds. The lowest BCUT2D eigenvalue weighted by Crippen LogP contribution is -2.56. The molecule has 0 spiro atoms. The van der Waals surface area contributed by atoms with E-state index in [2.05, 4.69) is 0 Å². The van der Waals surface area contributed by atoms with Gasteiger partial charge in [-0.15, -0.1) is 0 Å². The summed E-state index contributed by atoms with van der Waals surface area (Å²) in [7, 11) is 3.70. The van der Waals surface area contributed by atoms with Crippen LogP contribution >= 0.6 is 0 Å². The molecular formula is C29H29F3N2O4. The maximum Gasteiger partial charge on any atom is 0.339 e. The maximum absolute atomic E-state index is 14.2. The van der Waals surface area contributed by atoms with E-state index >= 15 is 0 Å². The summed E-state index contributed by atoms with van der Waals surface area (Å²) < 4.78 is 47.5. The van der Waals surface area contributed by atoms with Gasteiger partial charge in [-0.1, -0.05) is 30.3 Å². The van der Waals surface area contributed by atoms with Gasteiger partial charge in [0.1, 0.15) is 17.2 Å². The molecule has 0 aliphatic carbocycles. The third-order valence-electron chi connectivity index (χ3n) is 6.84. The van der Waals surface area contributed by atoms with Crippen LogP contribution < -0.4 is 0 Å². The smallest absolute Gasteiger partial charge is 0.339 e. The number of carbonyl (C=O) groups is 2. The van der Waals surface area contributed by atoms with Crippen LogP contribution in [0.1, 0.15) is 27.9 Å². The lowest BCUT2D eigenvalue weighted by atomic mass is 9.75. The molecule has 9 heteroatoms. The van der Waals surface area contributed by atoms with Crippen molar-refractivity contribution in [2.45, 2.75) is 18.4 Å². The molecule has 0 bridgehead atoms. The average Bonchev–Trinajstić information content (AvgIpc) is 2.88. The topological polar surface area (TPSA) is 70.1 Å². The molecule has 1 saturated heterocycles. The number of piperidine rings is 1. The molecule has 1 fully saturated rings. The lowest BCUT2D eigenvalue weighted by Gasteiger charge is -2.48. The number of amides is 1. The van der Waals surface area contributed by atoms with Crippen LogP contribution in [-0.2, 0) is 21.6 Å². The Bertz CT molecular complexity index is 1320. The van der Waals surface area contributed by atoms with Crippen molar-refractivity contribution in [1.82, 2.24) is 9.80 Å². The summed E-state index contributed by atoms with van der Waals surface area (Å²) in [6.45, 7) is 0.729. The molecule has 38 heavy (non-hydrogen) atoms. The van der Waals surface area contributed by atoms with Crippen LogP contribution in [0.5, 0.6) is 5.75 Å². The van der Waals surface area contributed by atoms with Gasteiger partial charge in [-0.05, 0) is 50.0 Å². The number of halogens is 3. The zero-order valence-corrected chi connectivity index (χ0v) is 21.2. The van der Waals surface area contributed by atoms with Crippen molar-refractivity contribution in [1.29, 1.82) is 0 Å². The minimum atomic E-state index is -1.32. The molecule has 0 radical (unpaired) electrons. The first-order chi connectivity index (χ1) is 18.1. The Morgan fingerprint density at radius 3 is 2.39 bits per heavy atom. The van der Waals surface area contributed by atoms with E-state index in [-0.39, 0.29) is 30.8 Å². The molecule has 3 aromatic rings. The minimum Gasteiger partial charge on any atom is -0.508 e. The maximum atomic E-state index is 14.2. The van der Waals surface area contributed by atoms with Gasteiger partial charge in [-0.25, -0.2) is 18.0 Å². The minimum absolute atomic E-state index is 0.00792. The van der Waals surface area contributed by atoms with Crippen molar-refractivity contribution < 1.29 is 32.6 Å². The molecule has 0 saturated carbocycles. The summed E-state index contributed by atoms with van der Waals surface area (Å²) >= 11 is 0. The number of hydrogen-bond acceptors (Lipinski definition) is 5. The van der Waals surface area contributed by atoms with Crippen LogP contribution in [0.3, 0.4) is 0 Å². The molecule has 0 aromatic heterocycles. The van der Waals surface area contributed by atoms with Gasteiger partial charge >= 0.3 is 5.97 Å². The van der Waals surface area contributed by atoms with Crippen LogP contribution in [-0.4, -0.2) is 60.5 Å². The molecule has 1 heterocycles. The molecule has 1 aliphatic heterocycles. The number of aromatic hydroxyl groups is 1. The predicted molar refractivity (Wildman–Crippen MR) is 135 cm³/mol. The molecule has 6 nitrogen and oxygen atoms in total. The van der Waals surface area contributed by atoms with E-state index in [4.69, 9.17) is 4.74 Å². The summed E-state index contributed by atoms with van der Waals surface area (Å²) in [5, 5.41) is 10.2. The summed E-state index contributed by atoms with van der Waals surface area (Å²) in [4.78, 5) is 29.9. The third-order valence-corrected chi connectivity index (χ3v) is 6.84. The van der Waals surface area contributed by atoms with E-state index in [0.29, 0.717) is 29.8 Å². The second-order valence-electron chi connectivity index (χ2n) is 9.78. The van der Waals surface area contributed by atoms with E-state index in [0.717, 1.165) is 0 Å². The Morgan fingerprint density at radius 2 is 1.71 bits per heavy atom. The molecule has 1 aliphatic rings. The number of benzene rings is 3. The number of rotatable bonds is 7. The second kappa shape index (κ2) is 11.3. The predicted octanol–water partition coefficient (Wildman–Crippen LogP) is 4.51. The number of phenolic OH excluding ortho intramolecular Hbond substituents is 1. The van der Waals surface area contributed by atoms with Crippen LogP contribution in [0.4, 0.5) is 13.2 Å². The first kappa shape index (κ1) is 27.2. The fourth-order valence-corrected chi connectivity index (χ4v) is 5.00. The van der Waals surface area contributed by atoms with Gasteiger partial charge < -0.3 is 19.6 Å². The van der Waals surface area contributed by atoms with E-state index in [1.807, 2.05) is 19.0 Å². The van der Waals surface area contributed by atoms with Crippen molar-refractivity contribution in [3.8, 4) is 5.75 Å². The molecule has 200 valence electrons. The van der Waals surface area contributed by atoms with Gasteiger partial charge in [0.15, 0.2) is 11.6 Å².